The molecule has 0 bridgehead atoms. The Morgan fingerprint density at radius 2 is 2.00 bits per heavy atom. The second-order valence-electron chi connectivity index (χ2n) is 5.12. The van der Waals surface area contributed by atoms with Crippen molar-refractivity contribution in [1.82, 2.24) is 4.90 Å². The molecule has 0 aromatic heterocycles. The van der Waals surface area contributed by atoms with Crippen LogP contribution in [0.25, 0.3) is 0 Å². The van der Waals surface area contributed by atoms with Crippen molar-refractivity contribution in [2.75, 3.05) is 6.61 Å². The van der Waals surface area contributed by atoms with Gasteiger partial charge >= 0.3 is 12.3 Å². The molecule has 0 aliphatic carbocycles. The smallest absolute Gasteiger partial charge is 0.417 e. The van der Waals surface area contributed by atoms with Gasteiger partial charge in [-0.15, -0.1) is 0 Å². The first-order valence-corrected chi connectivity index (χ1v) is 6.95. The summed E-state index contributed by atoms with van der Waals surface area (Å²) in [5.74, 6) is -2.62. The number of carbonyl (C=O) groups is 2. The molecule has 0 spiro atoms. The van der Waals surface area contributed by atoms with Gasteiger partial charge < -0.3 is 4.74 Å². The van der Waals surface area contributed by atoms with E-state index in [2.05, 4.69) is 0 Å². The number of ether oxygens (including phenoxy) is 1. The number of benzene rings is 1. The minimum absolute atomic E-state index is 0.0442. The predicted molar refractivity (Wildman–Crippen MR) is 71.8 cm³/mol. The van der Waals surface area contributed by atoms with Crippen LogP contribution in [0.4, 0.5) is 18.0 Å². The van der Waals surface area contributed by atoms with E-state index in [1.54, 1.807) is 30.3 Å². The van der Waals surface area contributed by atoms with Crippen molar-refractivity contribution in [1.29, 1.82) is 0 Å². The second-order valence-corrected chi connectivity index (χ2v) is 5.12. The Morgan fingerprint density at radius 3 is 2.55 bits per heavy atom. The van der Waals surface area contributed by atoms with E-state index in [1.165, 1.54) is 6.92 Å². The minimum atomic E-state index is -4.46. The number of cyclic esters (lactones) is 1. The molecule has 1 aromatic carbocycles. The van der Waals surface area contributed by atoms with Gasteiger partial charge in [-0.1, -0.05) is 37.3 Å². The van der Waals surface area contributed by atoms with Crippen molar-refractivity contribution in [2.24, 2.45) is 5.92 Å². The van der Waals surface area contributed by atoms with Gasteiger partial charge in [-0.05, 0) is 12.0 Å². The average Bonchev–Trinajstić information content (AvgIpc) is 2.86. The van der Waals surface area contributed by atoms with E-state index in [4.69, 9.17) is 4.74 Å². The van der Waals surface area contributed by atoms with Crippen LogP contribution >= 0.6 is 0 Å². The Kier molecular flexibility index (Phi) is 4.73. The number of halogens is 3. The zero-order valence-corrected chi connectivity index (χ0v) is 12.0. The molecule has 1 aliphatic rings. The molecule has 1 aliphatic heterocycles. The highest BCUT2D eigenvalue weighted by atomic mass is 19.4. The number of alkyl halides is 3. The lowest BCUT2D eigenvalue weighted by Gasteiger charge is -2.23. The molecule has 1 unspecified atom stereocenters. The molecular weight excluding hydrogens is 299 g/mol. The highest BCUT2D eigenvalue weighted by Gasteiger charge is 2.44. The summed E-state index contributed by atoms with van der Waals surface area (Å²) in [5, 5.41) is 0. The van der Waals surface area contributed by atoms with Gasteiger partial charge in [0.2, 0.25) is 5.91 Å². The number of hydrogen-bond acceptors (Lipinski definition) is 3. The van der Waals surface area contributed by atoms with E-state index in [-0.39, 0.29) is 13.0 Å². The molecule has 2 amide bonds. The van der Waals surface area contributed by atoms with Crippen molar-refractivity contribution in [3.8, 4) is 0 Å². The first kappa shape index (κ1) is 16.3. The number of nitrogens with zero attached hydrogens (tertiary/aromatic N) is 1. The van der Waals surface area contributed by atoms with Crippen LogP contribution in [0.15, 0.2) is 30.3 Å². The molecule has 2 atom stereocenters. The fourth-order valence-corrected chi connectivity index (χ4v) is 2.42. The fourth-order valence-electron chi connectivity index (χ4n) is 2.42. The summed E-state index contributed by atoms with van der Waals surface area (Å²) >= 11 is 0. The van der Waals surface area contributed by atoms with E-state index < -0.39 is 36.6 Å². The molecule has 0 saturated carbocycles. The summed E-state index contributed by atoms with van der Waals surface area (Å²) in [6, 6.07) is 7.95. The minimum Gasteiger partial charge on any atom is -0.446 e. The van der Waals surface area contributed by atoms with Crippen molar-refractivity contribution < 1.29 is 27.5 Å². The Hall–Kier alpha value is -2.05. The van der Waals surface area contributed by atoms with Crippen LogP contribution in [0.1, 0.15) is 31.4 Å². The predicted octanol–water partition coefficient (Wildman–Crippen LogP) is 3.69. The third-order valence-electron chi connectivity index (χ3n) is 3.70. The molecule has 1 saturated heterocycles. The lowest BCUT2D eigenvalue weighted by atomic mass is 10.00. The third-order valence-corrected chi connectivity index (χ3v) is 3.70. The number of imide groups is 1. The average molecular weight is 315 g/mol. The van der Waals surface area contributed by atoms with E-state index in [1.807, 2.05) is 0 Å². The Bertz CT molecular complexity index is 545. The molecule has 1 heterocycles. The maximum Gasteiger partial charge on any atom is 0.417 e. The monoisotopic (exact) mass is 315 g/mol. The lowest BCUT2D eigenvalue weighted by Crippen LogP contribution is -2.37. The Morgan fingerprint density at radius 1 is 1.36 bits per heavy atom. The molecular formula is C15H16F3NO3. The van der Waals surface area contributed by atoms with E-state index in [9.17, 15) is 22.8 Å². The van der Waals surface area contributed by atoms with Gasteiger partial charge in [-0.3, -0.25) is 4.79 Å². The molecule has 1 aromatic rings. The first-order chi connectivity index (χ1) is 10.3. The van der Waals surface area contributed by atoms with E-state index in [0.717, 1.165) is 4.90 Å². The second kappa shape index (κ2) is 6.37. The first-order valence-electron chi connectivity index (χ1n) is 6.95. The van der Waals surface area contributed by atoms with Crippen molar-refractivity contribution in [3.63, 3.8) is 0 Å². The molecule has 1 fully saturated rings. The van der Waals surface area contributed by atoms with Gasteiger partial charge in [-0.25, -0.2) is 9.69 Å². The number of hydrogen-bond donors (Lipinski definition) is 0. The largest absolute Gasteiger partial charge is 0.446 e. The summed E-state index contributed by atoms with van der Waals surface area (Å²) in [7, 11) is 0. The molecule has 7 heteroatoms. The molecule has 4 nitrogen and oxygen atoms in total. The summed E-state index contributed by atoms with van der Waals surface area (Å²) in [6.07, 6.45) is -6.32. The maximum absolute atomic E-state index is 12.8. The van der Waals surface area contributed by atoms with Gasteiger partial charge in [0.15, 0.2) is 0 Å². The van der Waals surface area contributed by atoms with Crippen LogP contribution in [0.3, 0.4) is 0 Å². The summed E-state index contributed by atoms with van der Waals surface area (Å²) in [5.41, 5.74) is 0.654. The van der Waals surface area contributed by atoms with E-state index in [0.29, 0.717) is 5.56 Å². The summed E-state index contributed by atoms with van der Waals surface area (Å²) < 4.78 is 43.2. The zero-order valence-electron chi connectivity index (χ0n) is 12.0. The summed E-state index contributed by atoms with van der Waals surface area (Å²) in [4.78, 5) is 24.7. The molecule has 2 rings (SSSR count). The molecule has 0 N–H and O–H groups in total. The maximum atomic E-state index is 12.8. The van der Waals surface area contributed by atoms with Gasteiger partial charge in [0.1, 0.15) is 12.6 Å². The fraction of sp³-hybridized carbons (Fsp3) is 0.467. The molecule has 120 valence electrons. The zero-order chi connectivity index (χ0) is 16.3. The van der Waals surface area contributed by atoms with Crippen LogP contribution in [-0.4, -0.2) is 29.7 Å². The van der Waals surface area contributed by atoms with Crippen molar-refractivity contribution in [3.05, 3.63) is 35.9 Å². The topological polar surface area (TPSA) is 46.6 Å². The van der Waals surface area contributed by atoms with Crippen LogP contribution in [-0.2, 0) is 9.53 Å². The number of carbonyl (C=O) groups excluding carboxylic acids is 2. The normalized spacial score (nSPS) is 19.9. The van der Waals surface area contributed by atoms with Crippen LogP contribution in [0.5, 0.6) is 0 Å². The summed E-state index contributed by atoms with van der Waals surface area (Å²) in [6.45, 7) is 1.32. The standard InChI is InChI=1S/C15H16F3NO3/c1-2-11(15(16,17)18)8-13(20)19-12(9-22-14(19)21)10-6-4-3-5-7-10/h3-7,11-12H,2,8-9H2,1H3/t11?,12-/m1/s1. The third kappa shape index (κ3) is 3.40. The SMILES string of the molecule is CCC(CC(=O)N1C(=O)OC[C@@H]1c1ccccc1)C(F)(F)F. The quantitative estimate of drug-likeness (QED) is 0.851. The number of amides is 2. The van der Waals surface area contributed by atoms with Gasteiger partial charge in [0.05, 0.1) is 5.92 Å². The van der Waals surface area contributed by atoms with E-state index >= 15 is 0 Å². The van der Waals surface area contributed by atoms with Crippen molar-refractivity contribution in [2.45, 2.75) is 32.0 Å². The van der Waals surface area contributed by atoms with Crippen LogP contribution in [0, 0.1) is 5.92 Å². The highest BCUT2D eigenvalue weighted by molar-refractivity contribution is 5.93. The van der Waals surface area contributed by atoms with Crippen molar-refractivity contribution >= 4 is 12.0 Å². The van der Waals surface area contributed by atoms with Gasteiger partial charge in [0.25, 0.3) is 0 Å². The molecule has 0 radical (unpaired) electrons. The Balaban J connectivity index is 2.17. The Labute approximate surface area is 125 Å². The van der Waals surface area contributed by atoms with Gasteiger partial charge in [0, 0.05) is 6.42 Å². The van der Waals surface area contributed by atoms with Crippen LogP contribution < -0.4 is 0 Å². The van der Waals surface area contributed by atoms with Crippen LogP contribution in [0.2, 0.25) is 0 Å². The van der Waals surface area contributed by atoms with Gasteiger partial charge in [-0.2, -0.15) is 13.2 Å². The lowest BCUT2D eigenvalue weighted by molar-refractivity contribution is -0.181. The molecule has 22 heavy (non-hydrogen) atoms. The number of rotatable bonds is 4. The highest BCUT2D eigenvalue weighted by Crippen LogP contribution is 2.34.